The van der Waals surface area contributed by atoms with Crippen LogP contribution in [0.3, 0.4) is 0 Å². The minimum atomic E-state index is -4.44. The first-order valence-electron chi connectivity index (χ1n) is 8.27. The highest BCUT2D eigenvalue weighted by Gasteiger charge is 2.42. The second-order valence-electron chi connectivity index (χ2n) is 6.60. The summed E-state index contributed by atoms with van der Waals surface area (Å²) in [5.41, 5.74) is 2.29. The molecule has 0 bridgehead atoms. The van der Waals surface area contributed by atoms with Crippen LogP contribution in [-0.4, -0.2) is 23.6 Å². The minimum Gasteiger partial charge on any atom is -0.348 e. The Kier molecular flexibility index (Phi) is 4.14. The lowest BCUT2D eigenvalue weighted by molar-refractivity contribution is -0.137. The molecule has 1 amide bonds. The molecular weight excluding hydrogens is 361 g/mol. The van der Waals surface area contributed by atoms with E-state index < -0.39 is 11.7 Å². The number of rotatable bonds is 2. The van der Waals surface area contributed by atoms with Gasteiger partial charge < -0.3 is 9.80 Å². The molecule has 0 saturated carbocycles. The lowest BCUT2D eigenvalue weighted by Gasteiger charge is -2.39. The predicted octanol–water partition coefficient (Wildman–Crippen LogP) is 4.44. The highest BCUT2D eigenvalue weighted by molar-refractivity contribution is 7.99. The highest BCUT2D eigenvalue weighted by Crippen LogP contribution is 2.44. The molecule has 0 spiro atoms. The minimum absolute atomic E-state index is 0.137. The molecule has 3 nitrogen and oxygen atoms in total. The molecule has 1 fully saturated rings. The smallest absolute Gasteiger partial charge is 0.348 e. The number of aryl methyl sites for hydroxylation is 1. The Balaban J connectivity index is 1.79. The van der Waals surface area contributed by atoms with Crippen molar-refractivity contribution >= 4 is 29.0 Å². The summed E-state index contributed by atoms with van der Waals surface area (Å²) in [6.45, 7) is 2.23. The fraction of sp³-hybridized carbons (Fsp3) is 0.316. The average molecular weight is 378 g/mol. The van der Waals surface area contributed by atoms with Crippen molar-refractivity contribution in [3.8, 4) is 0 Å². The molecule has 1 saturated heterocycles. The summed E-state index contributed by atoms with van der Waals surface area (Å²) in [7, 11) is 0. The first-order chi connectivity index (χ1) is 12.3. The first-order valence-corrected chi connectivity index (χ1v) is 9.42. The lowest BCUT2D eigenvalue weighted by atomic mass is 10.0. The Labute approximate surface area is 153 Å². The summed E-state index contributed by atoms with van der Waals surface area (Å²) in [6, 6.07) is 11.1. The Morgan fingerprint density at radius 1 is 1.12 bits per heavy atom. The zero-order chi connectivity index (χ0) is 18.5. The van der Waals surface area contributed by atoms with Crippen LogP contribution in [-0.2, 0) is 17.5 Å². The van der Waals surface area contributed by atoms with Gasteiger partial charge in [-0.1, -0.05) is 29.8 Å². The van der Waals surface area contributed by atoms with Crippen LogP contribution in [0.1, 0.15) is 16.7 Å². The van der Waals surface area contributed by atoms with Crippen LogP contribution in [0.15, 0.2) is 42.5 Å². The van der Waals surface area contributed by atoms with Gasteiger partial charge in [-0.3, -0.25) is 4.79 Å². The van der Waals surface area contributed by atoms with Gasteiger partial charge in [0, 0.05) is 5.75 Å². The number of hydrogen-bond donors (Lipinski definition) is 0. The third kappa shape index (κ3) is 2.94. The van der Waals surface area contributed by atoms with Crippen molar-refractivity contribution in [3.63, 3.8) is 0 Å². The van der Waals surface area contributed by atoms with Gasteiger partial charge in [-0.25, -0.2) is 0 Å². The number of hydrogen-bond acceptors (Lipinski definition) is 3. The number of alkyl halides is 3. The van der Waals surface area contributed by atoms with E-state index in [-0.39, 0.29) is 18.5 Å². The number of benzene rings is 2. The van der Waals surface area contributed by atoms with Gasteiger partial charge in [0.15, 0.2) is 0 Å². The van der Waals surface area contributed by atoms with E-state index in [4.69, 9.17) is 0 Å². The van der Waals surface area contributed by atoms with Gasteiger partial charge in [0.2, 0.25) is 0 Å². The maximum absolute atomic E-state index is 13.2. The number of carbonyl (C=O) groups is 1. The largest absolute Gasteiger partial charge is 0.416 e. The van der Waals surface area contributed by atoms with Crippen molar-refractivity contribution in [2.45, 2.75) is 25.7 Å². The number of halogens is 3. The van der Waals surface area contributed by atoms with Gasteiger partial charge in [-0.2, -0.15) is 13.2 Å². The fourth-order valence-electron chi connectivity index (χ4n) is 3.38. The summed E-state index contributed by atoms with van der Waals surface area (Å²) < 4.78 is 39.6. The van der Waals surface area contributed by atoms with E-state index in [1.807, 2.05) is 36.1 Å². The van der Waals surface area contributed by atoms with Crippen LogP contribution in [0, 0.1) is 6.92 Å². The van der Waals surface area contributed by atoms with Crippen molar-refractivity contribution in [1.82, 2.24) is 0 Å². The van der Waals surface area contributed by atoms with Crippen LogP contribution in [0.4, 0.5) is 24.5 Å². The quantitative estimate of drug-likeness (QED) is 0.772. The van der Waals surface area contributed by atoms with E-state index in [2.05, 4.69) is 0 Å². The molecule has 0 N–H and O–H groups in total. The topological polar surface area (TPSA) is 23.6 Å². The van der Waals surface area contributed by atoms with Crippen molar-refractivity contribution in [3.05, 3.63) is 59.2 Å². The molecule has 4 rings (SSSR count). The van der Waals surface area contributed by atoms with Crippen molar-refractivity contribution in [2.75, 3.05) is 21.4 Å². The van der Waals surface area contributed by atoms with Crippen molar-refractivity contribution in [1.29, 1.82) is 0 Å². The summed E-state index contributed by atoms with van der Waals surface area (Å²) in [5.74, 6) is 1.14. The van der Waals surface area contributed by atoms with Crippen LogP contribution in [0.5, 0.6) is 0 Å². The predicted molar refractivity (Wildman–Crippen MR) is 97.4 cm³/mol. The third-order valence-corrected chi connectivity index (χ3v) is 5.81. The van der Waals surface area contributed by atoms with Gasteiger partial charge in [0.25, 0.3) is 5.91 Å². The van der Waals surface area contributed by atoms with Gasteiger partial charge in [-0.15, -0.1) is 11.8 Å². The van der Waals surface area contributed by atoms with E-state index in [0.717, 1.165) is 23.3 Å². The molecule has 26 heavy (non-hydrogen) atoms. The van der Waals surface area contributed by atoms with Crippen molar-refractivity contribution < 1.29 is 18.0 Å². The molecule has 0 radical (unpaired) electrons. The highest BCUT2D eigenvalue weighted by atomic mass is 32.2. The molecule has 2 aromatic carbocycles. The fourth-order valence-corrected chi connectivity index (χ4v) is 4.55. The molecule has 1 atom stereocenters. The monoisotopic (exact) mass is 378 g/mol. The van der Waals surface area contributed by atoms with Gasteiger partial charge in [0.1, 0.15) is 6.04 Å². The SMILES string of the molecule is Cc1ccc(CN2C(=O)[C@H]3CSCN3c3ccc(C(F)(F)F)cc32)cc1. The number of anilines is 2. The molecule has 0 aromatic heterocycles. The number of nitrogens with zero attached hydrogens (tertiary/aromatic N) is 2. The van der Waals surface area contributed by atoms with Gasteiger partial charge >= 0.3 is 6.18 Å². The van der Waals surface area contributed by atoms with E-state index in [9.17, 15) is 18.0 Å². The number of amides is 1. The van der Waals surface area contributed by atoms with Crippen LogP contribution in [0.25, 0.3) is 0 Å². The van der Waals surface area contributed by atoms with Crippen LogP contribution >= 0.6 is 11.8 Å². The van der Waals surface area contributed by atoms with E-state index in [0.29, 0.717) is 23.0 Å². The van der Waals surface area contributed by atoms with Crippen molar-refractivity contribution in [2.24, 2.45) is 0 Å². The molecule has 136 valence electrons. The maximum atomic E-state index is 13.2. The lowest BCUT2D eigenvalue weighted by Crippen LogP contribution is -2.51. The van der Waals surface area contributed by atoms with E-state index in [1.54, 1.807) is 11.8 Å². The second-order valence-corrected chi connectivity index (χ2v) is 7.60. The summed E-state index contributed by atoms with van der Waals surface area (Å²) in [6.07, 6.45) is -4.44. The van der Waals surface area contributed by atoms with Gasteiger partial charge in [-0.05, 0) is 30.7 Å². The summed E-state index contributed by atoms with van der Waals surface area (Å²) in [5, 5.41) is 0. The molecule has 2 aliphatic heterocycles. The zero-order valence-electron chi connectivity index (χ0n) is 14.1. The second kappa shape index (κ2) is 6.23. The normalized spacial score (nSPS) is 19.5. The van der Waals surface area contributed by atoms with Crippen LogP contribution in [0.2, 0.25) is 0 Å². The molecule has 7 heteroatoms. The number of fused-ring (bicyclic) bond motifs is 3. The third-order valence-electron chi connectivity index (χ3n) is 4.80. The summed E-state index contributed by atoms with van der Waals surface area (Å²) >= 11 is 1.62. The Morgan fingerprint density at radius 2 is 1.85 bits per heavy atom. The molecule has 0 unspecified atom stereocenters. The zero-order valence-corrected chi connectivity index (χ0v) is 14.9. The Morgan fingerprint density at radius 3 is 2.54 bits per heavy atom. The standard InChI is InChI=1S/C19H17F3N2OS/c1-12-2-4-13(5-3-12)9-23-16-8-14(19(20,21)22)6-7-15(16)24-11-26-10-17(24)18(23)25/h2-8,17H,9-11H2,1H3/t17-/m1/s1. The molecular formula is C19H17F3N2OS. The number of thioether (sulfide) groups is 1. The van der Waals surface area contributed by atoms with Crippen LogP contribution < -0.4 is 9.80 Å². The first kappa shape index (κ1) is 17.3. The average Bonchev–Trinajstić information content (AvgIpc) is 3.09. The van der Waals surface area contributed by atoms with E-state index >= 15 is 0 Å². The van der Waals surface area contributed by atoms with E-state index in [1.165, 1.54) is 11.0 Å². The molecule has 2 aromatic rings. The molecule has 0 aliphatic carbocycles. The number of carbonyl (C=O) groups excluding carboxylic acids is 1. The Bertz CT molecular complexity index is 851. The summed E-state index contributed by atoms with van der Waals surface area (Å²) in [4.78, 5) is 16.4. The maximum Gasteiger partial charge on any atom is 0.416 e. The molecule has 2 aliphatic rings. The molecule has 2 heterocycles. The Hall–Kier alpha value is -2.15. The van der Waals surface area contributed by atoms with Gasteiger partial charge in [0.05, 0.1) is 29.4 Å².